The summed E-state index contributed by atoms with van der Waals surface area (Å²) < 4.78 is 0. The van der Waals surface area contributed by atoms with Crippen molar-refractivity contribution in [1.29, 1.82) is 0 Å². The molecule has 144 valence electrons. The summed E-state index contributed by atoms with van der Waals surface area (Å²) >= 11 is 1.79. The van der Waals surface area contributed by atoms with Crippen LogP contribution in [0.25, 0.3) is 0 Å². The molecule has 0 aliphatic heterocycles. The molecule has 0 aromatic carbocycles. The molecule has 0 fully saturated rings. The summed E-state index contributed by atoms with van der Waals surface area (Å²) in [6.07, 6.45) is 1.91. The quantitative estimate of drug-likeness (QED) is 0.415. The van der Waals surface area contributed by atoms with Crippen molar-refractivity contribution in [2.45, 2.75) is 39.7 Å². The smallest absolute Gasteiger partial charge is 0.191 e. The molecule has 1 heterocycles. The predicted octanol–water partition coefficient (Wildman–Crippen LogP) is 2.95. The largest absolute Gasteiger partial charge is 0.396 e. The van der Waals surface area contributed by atoms with Crippen LogP contribution in [0, 0.1) is 11.8 Å². The van der Waals surface area contributed by atoms with Gasteiger partial charge in [0.2, 0.25) is 0 Å². The van der Waals surface area contributed by atoms with Crippen LogP contribution in [0.2, 0.25) is 0 Å². The number of aliphatic hydroxyl groups is 1. The Balaban J connectivity index is 2.67. The van der Waals surface area contributed by atoms with Crippen LogP contribution in [0.15, 0.2) is 22.5 Å². The third-order valence-electron chi connectivity index (χ3n) is 4.15. The van der Waals surface area contributed by atoms with E-state index in [4.69, 9.17) is 4.99 Å². The van der Waals surface area contributed by atoms with E-state index in [1.54, 1.807) is 11.3 Å². The molecule has 0 spiro atoms. The number of likely N-dealkylation sites (N-methyl/N-ethyl adjacent to an activating group) is 1. The van der Waals surface area contributed by atoms with Gasteiger partial charge in [0.15, 0.2) is 5.96 Å². The van der Waals surface area contributed by atoms with Gasteiger partial charge >= 0.3 is 0 Å². The number of hydrogen-bond acceptors (Lipinski definition) is 4. The molecule has 25 heavy (non-hydrogen) atoms. The molecular weight excluding hydrogens is 332 g/mol. The van der Waals surface area contributed by atoms with Gasteiger partial charge in [0.1, 0.15) is 0 Å². The number of hydrogen-bond donors (Lipinski definition) is 3. The van der Waals surface area contributed by atoms with Crippen molar-refractivity contribution in [2.24, 2.45) is 16.8 Å². The van der Waals surface area contributed by atoms with E-state index in [2.05, 4.69) is 67.9 Å². The third kappa shape index (κ3) is 8.70. The van der Waals surface area contributed by atoms with Gasteiger partial charge in [0.25, 0.3) is 0 Å². The van der Waals surface area contributed by atoms with Gasteiger partial charge in [-0.05, 0) is 57.1 Å². The molecule has 0 amide bonds. The minimum absolute atomic E-state index is 0.234. The number of guanidine groups is 1. The van der Waals surface area contributed by atoms with Crippen LogP contribution in [0.4, 0.5) is 0 Å². The predicted molar refractivity (Wildman–Crippen MR) is 109 cm³/mol. The normalized spacial score (nSPS) is 14.8. The minimum Gasteiger partial charge on any atom is -0.396 e. The zero-order valence-corrected chi connectivity index (χ0v) is 17.3. The molecule has 5 nitrogen and oxygen atoms in total. The first-order valence-corrected chi connectivity index (χ1v) is 10.2. The van der Waals surface area contributed by atoms with Crippen molar-refractivity contribution in [1.82, 2.24) is 15.5 Å². The van der Waals surface area contributed by atoms with E-state index >= 15 is 0 Å². The molecule has 0 saturated carbocycles. The highest BCUT2D eigenvalue weighted by molar-refractivity contribution is 7.10. The second-order valence-corrected chi connectivity index (χ2v) is 8.08. The highest BCUT2D eigenvalue weighted by atomic mass is 32.1. The molecule has 2 atom stereocenters. The fourth-order valence-corrected chi connectivity index (χ4v) is 3.83. The maximum Gasteiger partial charge on any atom is 0.191 e. The maximum absolute atomic E-state index is 9.28. The molecule has 0 bridgehead atoms. The van der Waals surface area contributed by atoms with Gasteiger partial charge in [0, 0.05) is 31.1 Å². The first-order valence-electron chi connectivity index (χ1n) is 9.30. The topological polar surface area (TPSA) is 59.9 Å². The number of nitrogens with zero attached hydrogens (tertiary/aromatic N) is 2. The molecule has 3 N–H and O–H groups in total. The zero-order chi connectivity index (χ0) is 18.7. The first-order chi connectivity index (χ1) is 12.0. The Bertz CT molecular complexity index is 474. The lowest BCUT2D eigenvalue weighted by Gasteiger charge is -2.25. The van der Waals surface area contributed by atoms with Gasteiger partial charge in [-0.1, -0.05) is 19.9 Å². The van der Waals surface area contributed by atoms with E-state index in [-0.39, 0.29) is 6.61 Å². The molecule has 1 aromatic heterocycles. The summed E-state index contributed by atoms with van der Waals surface area (Å²) in [6, 6.07) is 4.61. The van der Waals surface area contributed by atoms with E-state index in [9.17, 15) is 5.11 Å². The standard InChI is InChI=1S/C19H36N4OS/c1-6-20-19(21-13-16(9-10-24)12-15(2)3)22-14-17(23(4)5)18-8-7-11-25-18/h7-8,11,15-17,24H,6,9-10,12-14H2,1-5H3,(H2,20,21,22). The van der Waals surface area contributed by atoms with Crippen molar-refractivity contribution in [3.8, 4) is 0 Å². The van der Waals surface area contributed by atoms with Gasteiger partial charge in [-0.15, -0.1) is 11.3 Å². The Kier molecular flexibility index (Phi) is 10.8. The van der Waals surface area contributed by atoms with Crippen molar-refractivity contribution < 1.29 is 5.11 Å². The van der Waals surface area contributed by atoms with Gasteiger partial charge in [0.05, 0.1) is 6.04 Å². The monoisotopic (exact) mass is 368 g/mol. The summed E-state index contributed by atoms with van der Waals surface area (Å²) in [5.41, 5.74) is 0. The average Bonchev–Trinajstić information content (AvgIpc) is 3.06. The van der Waals surface area contributed by atoms with Crippen molar-refractivity contribution >= 4 is 17.3 Å². The highest BCUT2D eigenvalue weighted by Crippen LogP contribution is 2.22. The molecule has 0 aliphatic rings. The van der Waals surface area contributed by atoms with Crippen LogP contribution < -0.4 is 10.6 Å². The lowest BCUT2D eigenvalue weighted by atomic mass is 9.94. The second-order valence-electron chi connectivity index (χ2n) is 7.10. The number of aliphatic imine (C=N–C) groups is 1. The van der Waals surface area contributed by atoms with Gasteiger partial charge in [-0.3, -0.25) is 4.99 Å². The first kappa shape index (κ1) is 21.9. The number of thiophene rings is 1. The lowest BCUT2D eigenvalue weighted by Crippen LogP contribution is -2.42. The molecular formula is C19H36N4OS. The van der Waals surface area contributed by atoms with Crippen LogP contribution >= 0.6 is 11.3 Å². The Morgan fingerprint density at radius 2 is 2.08 bits per heavy atom. The summed E-state index contributed by atoms with van der Waals surface area (Å²) in [7, 11) is 4.21. The summed E-state index contributed by atoms with van der Waals surface area (Å²) in [6.45, 7) is 9.16. The molecule has 2 unspecified atom stereocenters. The van der Waals surface area contributed by atoms with Crippen LogP contribution in [0.1, 0.15) is 44.5 Å². The Morgan fingerprint density at radius 1 is 1.32 bits per heavy atom. The summed E-state index contributed by atoms with van der Waals surface area (Å²) in [5, 5.41) is 18.2. The molecule has 1 aromatic rings. The second kappa shape index (κ2) is 12.3. The van der Waals surface area contributed by atoms with Crippen LogP contribution in [0.5, 0.6) is 0 Å². The summed E-state index contributed by atoms with van der Waals surface area (Å²) in [4.78, 5) is 8.35. The Hall–Kier alpha value is -1.11. The molecule has 0 saturated heterocycles. The Morgan fingerprint density at radius 3 is 2.60 bits per heavy atom. The number of rotatable bonds is 11. The molecule has 6 heteroatoms. The minimum atomic E-state index is 0.234. The van der Waals surface area contributed by atoms with Crippen LogP contribution in [-0.4, -0.2) is 56.3 Å². The SMILES string of the molecule is CCNC(=NCC(CCO)CC(C)C)NCC(c1cccs1)N(C)C. The van der Waals surface area contributed by atoms with Crippen molar-refractivity contribution in [3.05, 3.63) is 22.4 Å². The van der Waals surface area contributed by atoms with Crippen LogP contribution in [-0.2, 0) is 0 Å². The average molecular weight is 369 g/mol. The molecule has 0 aliphatic carbocycles. The maximum atomic E-state index is 9.28. The van der Waals surface area contributed by atoms with E-state index in [1.165, 1.54) is 4.88 Å². The lowest BCUT2D eigenvalue weighted by molar-refractivity contribution is 0.245. The fourth-order valence-electron chi connectivity index (χ4n) is 2.91. The molecule has 1 rings (SSSR count). The number of aliphatic hydroxyl groups excluding tert-OH is 1. The third-order valence-corrected chi connectivity index (χ3v) is 5.13. The number of nitrogens with one attached hydrogen (secondary N) is 2. The van der Waals surface area contributed by atoms with Gasteiger partial charge < -0.3 is 20.6 Å². The summed E-state index contributed by atoms with van der Waals surface area (Å²) in [5.74, 6) is 1.92. The highest BCUT2D eigenvalue weighted by Gasteiger charge is 2.16. The van der Waals surface area contributed by atoms with Crippen molar-refractivity contribution in [2.75, 3.05) is 40.3 Å². The van der Waals surface area contributed by atoms with Crippen LogP contribution in [0.3, 0.4) is 0 Å². The molecule has 0 radical (unpaired) electrons. The Labute approximate surface area is 157 Å². The zero-order valence-electron chi connectivity index (χ0n) is 16.5. The van der Waals surface area contributed by atoms with Gasteiger partial charge in [-0.25, -0.2) is 0 Å². The fraction of sp³-hybridized carbons (Fsp3) is 0.737. The van der Waals surface area contributed by atoms with E-state index in [0.29, 0.717) is 17.9 Å². The van der Waals surface area contributed by atoms with Crippen molar-refractivity contribution in [3.63, 3.8) is 0 Å². The van der Waals surface area contributed by atoms with E-state index < -0.39 is 0 Å². The van der Waals surface area contributed by atoms with Gasteiger partial charge in [-0.2, -0.15) is 0 Å². The van der Waals surface area contributed by atoms with E-state index in [1.807, 2.05) is 0 Å². The van der Waals surface area contributed by atoms with E-state index in [0.717, 1.165) is 38.4 Å².